The molecular weight excluding hydrogens is 490 g/mol. The number of thioether (sulfide) groups is 1. The summed E-state index contributed by atoms with van der Waals surface area (Å²) in [5.41, 5.74) is 3.38. The summed E-state index contributed by atoms with van der Waals surface area (Å²) < 4.78 is 0.979. The third-order valence-corrected chi connectivity index (χ3v) is 6.17. The number of hydrogen-bond acceptors (Lipinski definition) is 5. The van der Waals surface area contributed by atoms with E-state index in [2.05, 4.69) is 41.7 Å². The summed E-state index contributed by atoms with van der Waals surface area (Å²) in [6.45, 7) is 7.92. The highest BCUT2D eigenvalue weighted by Gasteiger charge is 2.23. The van der Waals surface area contributed by atoms with E-state index in [1.165, 1.54) is 11.8 Å². The predicted molar refractivity (Wildman–Crippen MR) is 131 cm³/mol. The summed E-state index contributed by atoms with van der Waals surface area (Å²) in [5.74, 6) is 0.531. The molecule has 1 atom stereocenters. The number of nitrogens with zero attached hydrogens (tertiary/aromatic N) is 2. The Bertz CT molecular complexity index is 1080. The summed E-state index contributed by atoms with van der Waals surface area (Å²) in [4.78, 5) is 29.5. The zero-order chi connectivity index (χ0) is 23.3. The lowest BCUT2D eigenvalue weighted by Crippen LogP contribution is -2.32. The molecule has 1 unspecified atom stereocenters. The van der Waals surface area contributed by atoms with E-state index in [0.29, 0.717) is 16.5 Å². The van der Waals surface area contributed by atoms with Crippen LogP contribution in [0.25, 0.3) is 0 Å². The highest BCUT2D eigenvalue weighted by molar-refractivity contribution is 9.10. The molecule has 2 aromatic carbocycles. The standard InChI is InChI=1S/C23H26BrN5O2S/c1-13(2)19(26-22(31)16-8-6-5-7-9-16)21-27-23(29-28-21)32-12-18(30)25-20-14(3)10-17(24)11-15(20)4/h5-11,13,19H,12H2,1-4H3,(H,25,30)(H,26,31)(H,27,28,29). The van der Waals surface area contributed by atoms with Crippen molar-refractivity contribution in [3.8, 4) is 0 Å². The largest absolute Gasteiger partial charge is 0.342 e. The fourth-order valence-corrected chi connectivity index (χ4v) is 4.53. The van der Waals surface area contributed by atoms with Gasteiger partial charge in [-0.25, -0.2) is 4.98 Å². The smallest absolute Gasteiger partial charge is 0.251 e. The Hall–Kier alpha value is -2.65. The molecule has 0 fully saturated rings. The van der Waals surface area contributed by atoms with Crippen LogP contribution in [0, 0.1) is 19.8 Å². The molecule has 1 aromatic heterocycles. The average molecular weight is 516 g/mol. The first-order valence-electron chi connectivity index (χ1n) is 10.2. The van der Waals surface area contributed by atoms with Crippen molar-refractivity contribution in [2.75, 3.05) is 11.1 Å². The highest BCUT2D eigenvalue weighted by atomic mass is 79.9. The third kappa shape index (κ3) is 6.20. The van der Waals surface area contributed by atoms with E-state index in [-0.39, 0.29) is 29.5 Å². The minimum Gasteiger partial charge on any atom is -0.342 e. The molecule has 0 saturated carbocycles. The van der Waals surface area contributed by atoms with Gasteiger partial charge in [-0.2, -0.15) is 0 Å². The average Bonchev–Trinajstić information content (AvgIpc) is 3.22. The van der Waals surface area contributed by atoms with Crippen molar-refractivity contribution >= 4 is 45.2 Å². The van der Waals surface area contributed by atoms with E-state index < -0.39 is 0 Å². The van der Waals surface area contributed by atoms with Gasteiger partial charge in [-0.05, 0) is 55.2 Å². The fraction of sp³-hybridized carbons (Fsp3) is 0.304. The van der Waals surface area contributed by atoms with Gasteiger partial charge in [0, 0.05) is 15.7 Å². The topological polar surface area (TPSA) is 99.8 Å². The Labute approximate surface area is 200 Å². The summed E-state index contributed by atoms with van der Waals surface area (Å²) in [6, 6.07) is 12.7. The van der Waals surface area contributed by atoms with Crippen molar-refractivity contribution in [2.24, 2.45) is 5.92 Å². The van der Waals surface area contributed by atoms with Gasteiger partial charge in [-0.1, -0.05) is 59.7 Å². The molecule has 2 amide bonds. The fourth-order valence-electron chi connectivity index (χ4n) is 3.24. The summed E-state index contributed by atoms with van der Waals surface area (Å²) >= 11 is 4.70. The summed E-state index contributed by atoms with van der Waals surface area (Å²) in [6.07, 6.45) is 0. The Kier molecular flexibility index (Phi) is 8.09. The molecular formula is C23H26BrN5O2S. The maximum absolute atomic E-state index is 12.6. The van der Waals surface area contributed by atoms with Crippen molar-refractivity contribution in [1.82, 2.24) is 20.5 Å². The Morgan fingerprint density at radius 2 is 1.78 bits per heavy atom. The zero-order valence-electron chi connectivity index (χ0n) is 18.4. The lowest BCUT2D eigenvalue weighted by Gasteiger charge is -2.19. The monoisotopic (exact) mass is 515 g/mol. The molecule has 0 bridgehead atoms. The van der Waals surface area contributed by atoms with Crippen LogP contribution in [0.1, 0.15) is 47.2 Å². The number of benzene rings is 2. The lowest BCUT2D eigenvalue weighted by atomic mass is 10.0. The van der Waals surface area contributed by atoms with Crippen LogP contribution >= 0.6 is 27.7 Å². The minimum absolute atomic E-state index is 0.0973. The molecule has 0 radical (unpaired) electrons. The van der Waals surface area contributed by atoms with Gasteiger partial charge in [-0.15, -0.1) is 5.10 Å². The van der Waals surface area contributed by atoms with Crippen LogP contribution in [0.4, 0.5) is 5.69 Å². The summed E-state index contributed by atoms with van der Waals surface area (Å²) in [7, 11) is 0. The molecule has 0 aliphatic heterocycles. The number of amides is 2. The normalized spacial score (nSPS) is 11.9. The number of halogens is 1. The number of aromatic nitrogens is 3. The van der Waals surface area contributed by atoms with Crippen LogP contribution in [0.3, 0.4) is 0 Å². The predicted octanol–water partition coefficient (Wildman–Crippen LogP) is 5.04. The van der Waals surface area contributed by atoms with E-state index in [1.54, 1.807) is 12.1 Å². The maximum Gasteiger partial charge on any atom is 0.251 e. The van der Waals surface area contributed by atoms with E-state index in [4.69, 9.17) is 0 Å². The van der Waals surface area contributed by atoms with Gasteiger partial charge in [0.2, 0.25) is 11.1 Å². The van der Waals surface area contributed by atoms with Gasteiger partial charge >= 0.3 is 0 Å². The molecule has 3 aromatic rings. The first-order valence-corrected chi connectivity index (χ1v) is 12.0. The maximum atomic E-state index is 12.6. The molecule has 168 valence electrons. The van der Waals surface area contributed by atoms with Crippen LogP contribution in [0.5, 0.6) is 0 Å². The van der Waals surface area contributed by atoms with Crippen molar-refractivity contribution in [3.63, 3.8) is 0 Å². The van der Waals surface area contributed by atoms with Crippen LogP contribution in [-0.2, 0) is 4.79 Å². The van der Waals surface area contributed by atoms with Gasteiger partial charge in [-0.3, -0.25) is 14.7 Å². The highest BCUT2D eigenvalue weighted by Crippen LogP contribution is 2.26. The third-order valence-electron chi connectivity index (χ3n) is 4.86. The molecule has 0 saturated heterocycles. The summed E-state index contributed by atoms with van der Waals surface area (Å²) in [5, 5.41) is 13.6. The number of H-pyrrole nitrogens is 1. The first-order chi connectivity index (χ1) is 15.2. The van der Waals surface area contributed by atoms with Crippen LogP contribution < -0.4 is 10.6 Å². The number of aryl methyl sites for hydroxylation is 2. The Morgan fingerprint density at radius 1 is 1.12 bits per heavy atom. The number of aromatic amines is 1. The van der Waals surface area contributed by atoms with Crippen LogP contribution in [-0.4, -0.2) is 32.7 Å². The zero-order valence-corrected chi connectivity index (χ0v) is 20.8. The molecule has 0 aliphatic rings. The first kappa shape index (κ1) is 24.0. The number of nitrogens with one attached hydrogen (secondary N) is 3. The second-order valence-corrected chi connectivity index (χ2v) is 9.67. The van der Waals surface area contributed by atoms with Crippen molar-refractivity contribution in [1.29, 1.82) is 0 Å². The van der Waals surface area contributed by atoms with E-state index in [1.807, 2.05) is 58.0 Å². The Balaban J connectivity index is 1.61. The molecule has 0 spiro atoms. The minimum atomic E-state index is -0.327. The van der Waals surface area contributed by atoms with Crippen LogP contribution in [0.2, 0.25) is 0 Å². The van der Waals surface area contributed by atoms with E-state index >= 15 is 0 Å². The van der Waals surface area contributed by atoms with Gasteiger partial charge < -0.3 is 10.6 Å². The SMILES string of the molecule is Cc1cc(Br)cc(C)c1NC(=O)CSc1n[nH]c(C(NC(=O)c2ccccc2)C(C)C)n1. The molecule has 3 rings (SSSR count). The van der Waals surface area contributed by atoms with Crippen molar-refractivity contribution < 1.29 is 9.59 Å². The van der Waals surface area contributed by atoms with Gasteiger partial charge in [0.05, 0.1) is 11.8 Å². The second kappa shape index (κ2) is 10.8. The number of carbonyl (C=O) groups excluding carboxylic acids is 2. The molecule has 9 heteroatoms. The molecule has 3 N–H and O–H groups in total. The van der Waals surface area contributed by atoms with Crippen LogP contribution in [0.15, 0.2) is 52.1 Å². The van der Waals surface area contributed by atoms with Crippen molar-refractivity contribution in [3.05, 3.63) is 69.5 Å². The number of rotatable bonds is 8. The number of hydrogen-bond donors (Lipinski definition) is 3. The lowest BCUT2D eigenvalue weighted by molar-refractivity contribution is -0.113. The van der Waals surface area contributed by atoms with Gasteiger partial charge in [0.15, 0.2) is 0 Å². The molecule has 0 aliphatic carbocycles. The van der Waals surface area contributed by atoms with Gasteiger partial charge in [0.25, 0.3) is 5.91 Å². The number of anilines is 1. The van der Waals surface area contributed by atoms with E-state index in [9.17, 15) is 9.59 Å². The Morgan fingerprint density at radius 3 is 2.41 bits per heavy atom. The van der Waals surface area contributed by atoms with E-state index in [0.717, 1.165) is 21.3 Å². The van der Waals surface area contributed by atoms with Crippen molar-refractivity contribution in [2.45, 2.75) is 38.9 Å². The number of carbonyl (C=O) groups is 2. The second-order valence-electron chi connectivity index (χ2n) is 7.82. The molecule has 32 heavy (non-hydrogen) atoms. The molecule has 1 heterocycles. The molecule has 7 nitrogen and oxygen atoms in total. The van der Waals surface area contributed by atoms with Gasteiger partial charge in [0.1, 0.15) is 5.82 Å². The quantitative estimate of drug-likeness (QED) is 0.364.